The van der Waals surface area contributed by atoms with Crippen molar-refractivity contribution in [2.24, 2.45) is 0 Å². The SMILES string of the molecule is Cc1ccc(F)c(NS(=O)(=O)c2c(C)nc3sc(C)nn23)c1. The van der Waals surface area contributed by atoms with Crippen molar-refractivity contribution in [3.63, 3.8) is 0 Å². The Morgan fingerprint density at radius 2 is 2.00 bits per heavy atom. The molecule has 1 N–H and O–H groups in total. The molecule has 0 spiro atoms. The Bertz CT molecular complexity index is 976. The van der Waals surface area contributed by atoms with E-state index in [1.54, 1.807) is 26.8 Å². The standard InChI is InChI=1S/C13H13FN4O2S2/c1-7-4-5-10(14)11(6-7)17-22(19,20)12-8(2)15-13-18(12)16-9(3)21-13/h4-6,17H,1-3H3. The maximum Gasteiger partial charge on any atom is 0.281 e. The Morgan fingerprint density at radius 1 is 1.27 bits per heavy atom. The van der Waals surface area contributed by atoms with Gasteiger partial charge in [0.05, 0.1) is 11.4 Å². The van der Waals surface area contributed by atoms with Crippen molar-refractivity contribution in [2.45, 2.75) is 25.8 Å². The van der Waals surface area contributed by atoms with Crippen LogP contribution in [0.3, 0.4) is 0 Å². The van der Waals surface area contributed by atoms with E-state index in [0.29, 0.717) is 15.7 Å². The molecule has 0 saturated carbocycles. The molecule has 0 amide bonds. The van der Waals surface area contributed by atoms with Gasteiger partial charge in [-0.25, -0.2) is 9.37 Å². The fourth-order valence-corrected chi connectivity index (χ4v) is 4.32. The minimum Gasteiger partial charge on any atom is -0.275 e. The van der Waals surface area contributed by atoms with Gasteiger partial charge < -0.3 is 0 Å². The zero-order valence-corrected chi connectivity index (χ0v) is 13.7. The van der Waals surface area contributed by atoms with Crippen molar-refractivity contribution in [3.05, 3.63) is 40.3 Å². The van der Waals surface area contributed by atoms with Gasteiger partial charge in [-0.15, -0.1) is 0 Å². The number of nitrogens with one attached hydrogen (secondary N) is 1. The van der Waals surface area contributed by atoms with E-state index in [9.17, 15) is 12.8 Å². The van der Waals surface area contributed by atoms with Crippen LogP contribution in [0.2, 0.25) is 0 Å². The summed E-state index contributed by atoms with van der Waals surface area (Å²) >= 11 is 1.29. The molecule has 6 nitrogen and oxygen atoms in total. The molecule has 116 valence electrons. The van der Waals surface area contributed by atoms with Gasteiger partial charge in [-0.05, 0) is 38.5 Å². The van der Waals surface area contributed by atoms with Gasteiger partial charge in [0.15, 0.2) is 0 Å². The first-order chi connectivity index (χ1) is 10.3. The van der Waals surface area contributed by atoms with Gasteiger partial charge in [0.1, 0.15) is 10.8 Å². The Kier molecular flexibility index (Phi) is 3.41. The molecule has 3 rings (SSSR count). The Balaban J connectivity index is 2.12. The lowest BCUT2D eigenvalue weighted by Crippen LogP contribution is -2.17. The van der Waals surface area contributed by atoms with E-state index in [1.807, 2.05) is 0 Å². The lowest BCUT2D eigenvalue weighted by atomic mass is 10.2. The van der Waals surface area contributed by atoms with Crippen molar-refractivity contribution in [3.8, 4) is 0 Å². The maximum absolute atomic E-state index is 13.8. The third-order valence-electron chi connectivity index (χ3n) is 3.05. The fourth-order valence-electron chi connectivity index (χ4n) is 2.15. The summed E-state index contributed by atoms with van der Waals surface area (Å²) in [5, 5.41) is 4.76. The number of aryl methyl sites for hydroxylation is 3. The molecule has 0 aliphatic rings. The third-order valence-corrected chi connectivity index (χ3v) is 5.34. The summed E-state index contributed by atoms with van der Waals surface area (Å²) in [4.78, 5) is 4.67. The largest absolute Gasteiger partial charge is 0.281 e. The van der Waals surface area contributed by atoms with Crippen LogP contribution in [-0.4, -0.2) is 23.0 Å². The normalized spacial score (nSPS) is 12.0. The van der Waals surface area contributed by atoms with Gasteiger partial charge >= 0.3 is 0 Å². The smallest absolute Gasteiger partial charge is 0.275 e. The van der Waals surface area contributed by atoms with Gasteiger partial charge in [-0.3, -0.25) is 4.72 Å². The predicted molar refractivity (Wildman–Crippen MR) is 82.3 cm³/mol. The maximum atomic E-state index is 13.8. The highest BCUT2D eigenvalue weighted by atomic mass is 32.2. The van der Waals surface area contributed by atoms with Gasteiger partial charge in [0.2, 0.25) is 9.99 Å². The highest BCUT2D eigenvalue weighted by molar-refractivity contribution is 7.92. The van der Waals surface area contributed by atoms with E-state index in [4.69, 9.17) is 0 Å². The average molecular weight is 340 g/mol. The number of imidazole rings is 1. The highest BCUT2D eigenvalue weighted by Crippen LogP contribution is 2.25. The van der Waals surface area contributed by atoms with E-state index in [0.717, 1.165) is 5.56 Å². The van der Waals surface area contributed by atoms with Crippen LogP contribution in [0.1, 0.15) is 16.3 Å². The van der Waals surface area contributed by atoms with Gasteiger partial charge in [0.25, 0.3) is 10.0 Å². The minimum absolute atomic E-state index is 0.0762. The molecule has 0 bridgehead atoms. The summed E-state index contributed by atoms with van der Waals surface area (Å²) < 4.78 is 42.5. The summed E-state index contributed by atoms with van der Waals surface area (Å²) in [7, 11) is -4.00. The van der Waals surface area contributed by atoms with Crippen molar-refractivity contribution in [1.82, 2.24) is 14.6 Å². The van der Waals surface area contributed by atoms with Crippen molar-refractivity contribution < 1.29 is 12.8 Å². The average Bonchev–Trinajstić information content (AvgIpc) is 2.87. The highest BCUT2D eigenvalue weighted by Gasteiger charge is 2.26. The molecule has 2 aromatic heterocycles. The van der Waals surface area contributed by atoms with E-state index >= 15 is 0 Å². The monoisotopic (exact) mass is 340 g/mol. The first kappa shape index (κ1) is 14.9. The van der Waals surface area contributed by atoms with E-state index in [-0.39, 0.29) is 10.7 Å². The number of fused-ring (bicyclic) bond motifs is 1. The number of halogens is 1. The number of hydrogen-bond acceptors (Lipinski definition) is 5. The molecule has 0 unspecified atom stereocenters. The third kappa shape index (κ3) is 2.46. The number of rotatable bonds is 3. The van der Waals surface area contributed by atoms with Crippen LogP contribution in [0, 0.1) is 26.6 Å². The van der Waals surface area contributed by atoms with Crippen LogP contribution >= 0.6 is 11.3 Å². The van der Waals surface area contributed by atoms with Crippen molar-refractivity contribution in [2.75, 3.05) is 4.72 Å². The lowest BCUT2D eigenvalue weighted by Gasteiger charge is -2.09. The van der Waals surface area contributed by atoms with Crippen LogP contribution in [0.25, 0.3) is 4.96 Å². The molecule has 9 heteroatoms. The van der Waals surface area contributed by atoms with Crippen LogP contribution < -0.4 is 4.72 Å². The van der Waals surface area contributed by atoms with Crippen LogP contribution in [0.4, 0.5) is 10.1 Å². The van der Waals surface area contributed by atoms with E-state index in [1.165, 1.54) is 28.0 Å². The number of nitrogens with zero attached hydrogens (tertiary/aromatic N) is 3. The second-order valence-corrected chi connectivity index (χ2v) is 7.66. The molecule has 0 saturated heterocycles. The number of anilines is 1. The zero-order chi connectivity index (χ0) is 16.1. The van der Waals surface area contributed by atoms with Gasteiger partial charge in [0, 0.05) is 0 Å². The number of hydrogen-bond donors (Lipinski definition) is 1. The quantitative estimate of drug-likeness (QED) is 0.795. The molecular weight excluding hydrogens is 327 g/mol. The molecule has 0 fully saturated rings. The molecule has 0 radical (unpaired) electrons. The second kappa shape index (κ2) is 5.03. The number of sulfonamides is 1. The molecule has 1 aromatic carbocycles. The molecule has 2 heterocycles. The zero-order valence-electron chi connectivity index (χ0n) is 12.1. The summed E-state index contributed by atoms with van der Waals surface area (Å²) in [6, 6.07) is 4.23. The van der Waals surface area contributed by atoms with Crippen molar-refractivity contribution in [1.29, 1.82) is 0 Å². The summed E-state index contributed by atoms with van der Waals surface area (Å²) in [6.07, 6.45) is 0. The predicted octanol–water partition coefficient (Wildman–Crippen LogP) is 2.66. The summed E-state index contributed by atoms with van der Waals surface area (Å²) in [6.45, 7) is 5.10. The van der Waals surface area contributed by atoms with Gasteiger partial charge in [-0.1, -0.05) is 17.4 Å². The summed E-state index contributed by atoms with van der Waals surface area (Å²) in [5.74, 6) is -0.637. The Hall–Kier alpha value is -2.00. The fraction of sp³-hybridized carbons (Fsp3) is 0.231. The first-order valence-electron chi connectivity index (χ1n) is 6.39. The molecular formula is C13H13FN4O2S2. The van der Waals surface area contributed by atoms with Crippen LogP contribution in [-0.2, 0) is 10.0 Å². The summed E-state index contributed by atoms with van der Waals surface area (Å²) in [5.41, 5.74) is 0.972. The molecule has 0 aliphatic heterocycles. The number of benzene rings is 1. The number of aromatic nitrogens is 3. The molecule has 22 heavy (non-hydrogen) atoms. The molecule has 0 atom stereocenters. The first-order valence-corrected chi connectivity index (χ1v) is 8.69. The second-order valence-electron chi connectivity index (χ2n) is 4.91. The van der Waals surface area contributed by atoms with E-state index in [2.05, 4.69) is 14.8 Å². The topological polar surface area (TPSA) is 76.4 Å². The minimum atomic E-state index is -4.00. The molecule has 3 aromatic rings. The lowest BCUT2D eigenvalue weighted by molar-refractivity contribution is 0.590. The Labute approximate surface area is 130 Å². The van der Waals surface area contributed by atoms with E-state index < -0.39 is 15.8 Å². The Morgan fingerprint density at radius 3 is 2.73 bits per heavy atom. The van der Waals surface area contributed by atoms with Gasteiger partial charge in [-0.2, -0.15) is 18.0 Å². The van der Waals surface area contributed by atoms with Crippen LogP contribution in [0.15, 0.2) is 23.2 Å². The molecule has 0 aliphatic carbocycles. The van der Waals surface area contributed by atoms with Crippen LogP contribution in [0.5, 0.6) is 0 Å². The van der Waals surface area contributed by atoms with Crippen molar-refractivity contribution >= 4 is 32.0 Å².